The maximum absolute atomic E-state index is 12.6. The quantitative estimate of drug-likeness (QED) is 0.864. The number of nitrogens with zero attached hydrogens (tertiary/aromatic N) is 5. The molecule has 3 heterocycles. The molecule has 2 aromatic rings. The van der Waals surface area contributed by atoms with Crippen molar-refractivity contribution in [1.29, 1.82) is 0 Å². The highest BCUT2D eigenvalue weighted by Gasteiger charge is 2.22. The van der Waals surface area contributed by atoms with Crippen LogP contribution < -0.4 is 4.90 Å². The van der Waals surface area contributed by atoms with Crippen molar-refractivity contribution in [2.75, 3.05) is 31.1 Å². The van der Waals surface area contributed by atoms with Gasteiger partial charge in [0.15, 0.2) is 5.82 Å². The fourth-order valence-corrected chi connectivity index (χ4v) is 3.37. The van der Waals surface area contributed by atoms with E-state index >= 15 is 0 Å². The molecule has 0 radical (unpaired) electrons. The fourth-order valence-electron chi connectivity index (χ4n) is 2.54. The Hall–Kier alpha value is -2.02. The second-order valence-corrected chi connectivity index (χ2v) is 6.30. The number of aryl methyl sites for hydroxylation is 1. The van der Waals surface area contributed by atoms with Gasteiger partial charge in [-0.05, 0) is 25.0 Å². The Balaban J connectivity index is 1.66. The van der Waals surface area contributed by atoms with Gasteiger partial charge < -0.3 is 9.80 Å². The third-order valence-electron chi connectivity index (χ3n) is 3.73. The number of thiazole rings is 1. The molecular weight excluding hydrogens is 298 g/mol. The fraction of sp³-hybridized carbons (Fsp3) is 0.467. The number of rotatable bonds is 3. The predicted molar refractivity (Wildman–Crippen MR) is 86.3 cm³/mol. The summed E-state index contributed by atoms with van der Waals surface area (Å²) in [7, 11) is 0. The van der Waals surface area contributed by atoms with Crippen LogP contribution in [-0.2, 0) is 6.42 Å². The van der Waals surface area contributed by atoms with Crippen LogP contribution in [0.25, 0.3) is 0 Å². The zero-order valence-electron chi connectivity index (χ0n) is 12.6. The summed E-state index contributed by atoms with van der Waals surface area (Å²) in [5, 5.41) is 9.09. The van der Waals surface area contributed by atoms with Crippen LogP contribution in [-0.4, -0.2) is 52.2 Å². The van der Waals surface area contributed by atoms with Gasteiger partial charge >= 0.3 is 0 Å². The second-order valence-electron chi connectivity index (χ2n) is 5.19. The van der Waals surface area contributed by atoms with Gasteiger partial charge in [0.1, 0.15) is 4.88 Å². The standard InChI is InChI=1S/C15H19N5OS/c1-2-14-16-11-12(22-14)15(21)20-8-4-7-19(9-10-20)13-5-3-6-17-18-13/h3,5-6,11H,2,4,7-10H2,1H3. The lowest BCUT2D eigenvalue weighted by Crippen LogP contribution is -2.35. The molecule has 116 valence electrons. The van der Waals surface area contributed by atoms with Crippen molar-refractivity contribution < 1.29 is 4.79 Å². The highest BCUT2D eigenvalue weighted by molar-refractivity contribution is 7.13. The van der Waals surface area contributed by atoms with Crippen LogP contribution in [0.2, 0.25) is 0 Å². The average molecular weight is 317 g/mol. The first-order valence-electron chi connectivity index (χ1n) is 7.54. The average Bonchev–Trinajstić information content (AvgIpc) is 2.92. The maximum Gasteiger partial charge on any atom is 0.265 e. The topological polar surface area (TPSA) is 62.2 Å². The van der Waals surface area contributed by atoms with E-state index in [-0.39, 0.29) is 5.91 Å². The van der Waals surface area contributed by atoms with E-state index in [9.17, 15) is 4.79 Å². The summed E-state index contributed by atoms with van der Waals surface area (Å²) >= 11 is 1.50. The van der Waals surface area contributed by atoms with Crippen LogP contribution >= 0.6 is 11.3 Å². The van der Waals surface area contributed by atoms with E-state index in [1.165, 1.54) is 11.3 Å². The van der Waals surface area contributed by atoms with E-state index in [1.54, 1.807) is 12.4 Å². The van der Waals surface area contributed by atoms with Crippen LogP contribution in [0.1, 0.15) is 28.0 Å². The number of anilines is 1. The van der Waals surface area contributed by atoms with E-state index in [2.05, 4.69) is 27.0 Å². The van der Waals surface area contributed by atoms with Gasteiger partial charge in [-0.2, -0.15) is 5.10 Å². The van der Waals surface area contributed by atoms with Gasteiger partial charge in [0.25, 0.3) is 5.91 Å². The van der Waals surface area contributed by atoms with Gasteiger partial charge in [0.2, 0.25) is 0 Å². The normalized spacial score (nSPS) is 15.7. The Morgan fingerprint density at radius 1 is 1.32 bits per heavy atom. The molecule has 7 heteroatoms. The molecule has 1 fully saturated rings. The number of aromatic nitrogens is 3. The van der Waals surface area contributed by atoms with Gasteiger partial charge in [-0.15, -0.1) is 16.4 Å². The lowest BCUT2D eigenvalue weighted by molar-refractivity contribution is 0.0771. The molecule has 1 aliphatic heterocycles. The van der Waals surface area contributed by atoms with E-state index in [1.807, 2.05) is 17.0 Å². The number of hydrogen-bond acceptors (Lipinski definition) is 6. The Kier molecular flexibility index (Phi) is 4.62. The predicted octanol–water partition coefficient (Wildman–Crippen LogP) is 1.85. The molecule has 1 amide bonds. The van der Waals surface area contributed by atoms with Crippen LogP contribution in [0.3, 0.4) is 0 Å². The molecule has 0 aliphatic carbocycles. The van der Waals surface area contributed by atoms with Crippen LogP contribution in [0.5, 0.6) is 0 Å². The van der Waals surface area contributed by atoms with Crippen molar-refractivity contribution in [3.05, 3.63) is 34.4 Å². The second kappa shape index (κ2) is 6.83. The third kappa shape index (κ3) is 3.24. The molecular formula is C15H19N5OS. The summed E-state index contributed by atoms with van der Waals surface area (Å²) in [4.78, 5) is 21.7. The van der Waals surface area contributed by atoms with E-state index in [0.717, 1.165) is 48.2 Å². The van der Waals surface area contributed by atoms with Crippen LogP contribution in [0, 0.1) is 0 Å². The van der Waals surface area contributed by atoms with Gasteiger partial charge in [0, 0.05) is 32.4 Å². The molecule has 0 unspecified atom stereocenters. The van der Waals surface area contributed by atoms with Crippen molar-refractivity contribution in [2.24, 2.45) is 0 Å². The SMILES string of the molecule is CCc1ncc(C(=O)N2CCCN(c3cccnn3)CC2)s1. The molecule has 0 bridgehead atoms. The summed E-state index contributed by atoms with van der Waals surface area (Å²) in [5.41, 5.74) is 0. The zero-order chi connectivity index (χ0) is 15.4. The Morgan fingerprint density at radius 3 is 2.95 bits per heavy atom. The first-order chi connectivity index (χ1) is 10.8. The summed E-state index contributed by atoms with van der Waals surface area (Å²) in [6.07, 6.45) is 5.18. The maximum atomic E-state index is 12.6. The van der Waals surface area contributed by atoms with E-state index in [0.29, 0.717) is 6.54 Å². The lowest BCUT2D eigenvalue weighted by atomic mass is 10.3. The van der Waals surface area contributed by atoms with Gasteiger partial charge in [-0.25, -0.2) is 4.98 Å². The smallest absolute Gasteiger partial charge is 0.265 e. The van der Waals surface area contributed by atoms with Crippen molar-refractivity contribution in [3.8, 4) is 0 Å². The minimum Gasteiger partial charge on any atom is -0.353 e. The van der Waals surface area contributed by atoms with E-state index < -0.39 is 0 Å². The number of carbonyl (C=O) groups excluding carboxylic acids is 1. The van der Waals surface area contributed by atoms with Crippen LogP contribution in [0.15, 0.2) is 24.5 Å². The van der Waals surface area contributed by atoms with Crippen molar-refractivity contribution in [2.45, 2.75) is 19.8 Å². The number of amides is 1. The van der Waals surface area contributed by atoms with E-state index in [4.69, 9.17) is 0 Å². The number of hydrogen-bond donors (Lipinski definition) is 0. The molecule has 2 aromatic heterocycles. The van der Waals surface area contributed by atoms with Crippen LogP contribution in [0.4, 0.5) is 5.82 Å². The Morgan fingerprint density at radius 2 is 2.23 bits per heavy atom. The molecule has 3 rings (SSSR count). The molecule has 0 atom stereocenters. The largest absolute Gasteiger partial charge is 0.353 e. The van der Waals surface area contributed by atoms with Crippen molar-refractivity contribution in [1.82, 2.24) is 20.1 Å². The Labute approximate surface area is 133 Å². The van der Waals surface area contributed by atoms with Gasteiger partial charge in [0.05, 0.1) is 11.2 Å². The molecule has 0 spiro atoms. The first-order valence-corrected chi connectivity index (χ1v) is 8.36. The molecule has 0 N–H and O–H groups in total. The highest BCUT2D eigenvalue weighted by atomic mass is 32.1. The summed E-state index contributed by atoms with van der Waals surface area (Å²) in [6, 6.07) is 3.85. The molecule has 1 aliphatic rings. The molecule has 0 aromatic carbocycles. The molecule has 1 saturated heterocycles. The third-order valence-corrected chi connectivity index (χ3v) is 4.86. The molecule has 0 saturated carbocycles. The Bertz CT molecular complexity index is 630. The number of carbonyl (C=O) groups is 1. The van der Waals surface area contributed by atoms with Crippen molar-refractivity contribution >= 4 is 23.1 Å². The minimum atomic E-state index is 0.0956. The highest BCUT2D eigenvalue weighted by Crippen LogP contribution is 2.18. The van der Waals surface area contributed by atoms with Gasteiger partial charge in [-0.3, -0.25) is 4.79 Å². The minimum absolute atomic E-state index is 0.0956. The lowest BCUT2D eigenvalue weighted by Gasteiger charge is -2.21. The van der Waals surface area contributed by atoms with Crippen molar-refractivity contribution in [3.63, 3.8) is 0 Å². The van der Waals surface area contributed by atoms with Gasteiger partial charge in [-0.1, -0.05) is 6.92 Å². The first kappa shape index (κ1) is 14.9. The summed E-state index contributed by atoms with van der Waals surface area (Å²) < 4.78 is 0. The monoisotopic (exact) mass is 317 g/mol. The molecule has 6 nitrogen and oxygen atoms in total. The summed E-state index contributed by atoms with van der Waals surface area (Å²) in [5.74, 6) is 0.973. The zero-order valence-corrected chi connectivity index (χ0v) is 13.4. The molecule has 22 heavy (non-hydrogen) atoms. The summed E-state index contributed by atoms with van der Waals surface area (Å²) in [6.45, 7) is 5.21.